The zero-order valence-corrected chi connectivity index (χ0v) is 10.4. The van der Waals surface area contributed by atoms with Crippen LogP contribution in [0.2, 0.25) is 0 Å². The quantitative estimate of drug-likeness (QED) is 0.878. The van der Waals surface area contributed by atoms with E-state index in [1.54, 1.807) is 12.4 Å². The van der Waals surface area contributed by atoms with Crippen LogP contribution in [0.5, 0.6) is 0 Å². The molecule has 2 aromatic rings. The molecule has 0 saturated carbocycles. The van der Waals surface area contributed by atoms with Crippen LogP contribution in [0.3, 0.4) is 0 Å². The lowest BCUT2D eigenvalue weighted by Crippen LogP contribution is -2.06. The Bertz CT molecular complexity index is 506. The molecule has 0 amide bonds. The summed E-state index contributed by atoms with van der Waals surface area (Å²) >= 11 is 3.43. The molecule has 1 N–H and O–H groups in total. The zero-order valence-electron chi connectivity index (χ0n) is 8.83. The van der Waals surface area contributed by atoms with Gasteiger partial charge in [0.2, 0.25) is 0 Å². The molecule has 1 aromatic heterocycles. The van der Waals surface area contributed by atoms with Crippen LogP contribution in [-0.2, 0) is 6.42 Å². The molecule has 0 aliphatic rings. The minimum atomic E-state index is 0.0607. The number of carbonyl (C=O) groups excluding carboxylic acids is 1. The van der Waals surface area contributed by atoms with E-state index in [0.717, 1.165) is 10.0 Å². The van der Waals surface area contributed by atoms with Gasteiger partial charge in [-0.25, -0.2) is 4.98 Å². The first-order chi connectivity index (χ1) is 7.68. The Balaban J connectivity index is 2.24. The van der Waals surface area contributed by atoms with Gasteiger partial charge in [0.05, 0.1) is 6.42 Å². The maximum absolute atomic E-state index is 12.0. The fraction of sp³-hybridized carbons (Fsp3) is 0.167. The van der Waals surface area contributed by atoms with E-state index in [1.807, 2.05) is 25.1 Å². The van der Waals surface area contributed by atoms with Crippen molar-refractivity contribution in [2.45, 2.75) is 13.3 Å². The van der Waals surface area contributed by atoms with Crippen molar-refractivity contribution in [3.05, 3.63) is 52.0 Å². The highest BCUT2D eigenvalue weighted by Gasteiger charge is 2.12. The van der Waals surface area contributed by atoms with E-state index in [1.165, 1.54) is 0 Å². The van der Waals surface area contributed by atoms with Crippen molar-refractivity contribution < 1.29 is 4.79 Å². The van der Waals surface area contributed by atoms with Gasteiger partial charge in [0, 0.05) is 22.4 Å². The molecule has 0 aliphatic carbocycles. The van der Waals surface area contributed by atoms with Crippen LogP contribution in [0.15, 0.2) is 35.1 Å². The fourth-order valence-corrected chi connectivity index (χ4v) is 1.99. The van der Waals surface area contributed by atoms with Crippen LogP contribution < -0.4 is 0 Å². The largest absolute Gasteiger partial charge is 0.348 e. The van der Waals surface area contributed by atoms with Crippen molar-refractivity contribution in [3.8, 4) is 0 Å². The van der Waals surface area contributed by atoms with Crippen LogP contribution >= 0.6 is 15.9 Å². The first-order valence-corrected chi connectivity index (χ1v) is 5.74. The number of Topliss-reactive ketones (excluding diaryl/α,β-unsaturated/α-hetero) is 1. The second-order valence-corrected chi connectivity index (χ2v) is 4.37. The van der Waals surface area contributed by atoms with E-state index < -0.39 is 0 Å². The molecule has 1 heterocycles. The Labute approximate surface area is 102 Å². The Hall–Kier alpha value is -1.42. The highest BCUT2D eigenvalue weighted by atomic mass is 79.9. The summed E-state index contributed by atoms with van der Waals surface area (Å²) < 4.78 is 0.867. The highest BCUT2D eigenvalue weighted by molar-refractivity contribution is 9.10. The molecular formula is C12H11BrN2O. The number of ketones is 1. The number of rotatable bonds is 3. The number of nitrogens with one attached hydrogen (secondary N) is 1. The summed E-state index contributed by atoms with van der Waals surface area (Å²) in [6.45, 7) is 1.97. The number of hydrogen-bond acceptors (Lipinski definition) is 2. The van der Waals surface area contributed by atoms with E-state index in [4.69, 9.17) is 0 Å². The van der Waals surface area contributed by atoms with Crippen LogP contribution in [0.25, 0.3) is 0 Å². The molecule has 0 spiro atoms. The number of H-pyrrole nitrogens is 1. The third-order valence-electron chi connectivity index (χ3n) is 2.38. The minimum absolute atomic E-state index is 0.0607. The summed E-state index contributed by atoms with van der Waals surface area (Å²) in [7, 11) is 0. The van der Waals surface area contributed by atoms with E-state index in [-0.39, 0.29) is 5.78 Å². The number of benzene rings is 1. The third kappa shape index (κ3) is 2.22. The lowest BCUT2D eigenvalue weighted by atomic mass is 10.1. The van der Waals surface area contributed by atoms with Gasteiger partial charge in [-0.3, -0.25) is 4.79 Å². The Kier molecular flexibility index (Phi) is 3.19. The molecule has 4 heteroatoms. The first kappa shape index (κ1) is 11.1. The fourth-order valence-electron chi connectivity index (χ4n) is 1.50. The standard InChI is InChI=1S/C12H11BrN2O/c1-8-3-2-4-9(12(8)13)10(16)7-11-14-5-6-15-11/h2-6H,7H2,1H3,(H,14,15). The van der Waals surface area contributed by atoms with Crippen LogP contribution in [0.4, 0.5) is 0 Å². The second-order valence-electron chi connectivity index (χ2n) is 3.57. The predicted molar refractivity (Wildman–Crippen MR) is 65.5 cm³/mol. The van der Waals surface area contributed by atoms with Crippen LogP contribution in [0, 0.1) is 6.92 Å². The van der Waals surface area contributed by atoms with Gasteiger partial charge in [0.1, 0.15) is 5.82 Å². The van der Waals surface area contributed by atoms with Crippen LogP contribution in [-0.4, -0.2) is 15.8 Å². The predicted octanol–water partition coefficient (Wildman–Crippen LogP) is 2.91. The maximum Gasteiger partial charge on any atom is 0.171 e. The summed E-state index contributed by atoms with van der Waals surface area (Å²) in [5.41, 5.74) is 1.77. The van der Waals surface area contributed by atoms with Gasteiger partial charge in [-0.1, -0.05) is 18.2 Å². The molecule has 82 valence electrons. The highest BCUT2D eigenvalue weighted by Crippen LogP contribution is 2.22. The third-order valence-corrected chi connectivity index (χ3v) is 3.43. The van der Waals surface area contributed by atoms with Crippen molar-refractivity contribution in [2.24, 2.45) is 0 Å². The van der Waals surface area contributed by atoms with Crippen molar-refractivity contribution in [2.75, 3.05) is 0 Å². The Morgan fingerprint density at radius 3 is 3.00 bits per heavy atom. The molecule has 0 fully saturated rings. The van der Waals surface area contributed by atoms with Gasteiger partial charge in [0.25, 0.3) is 0 Å². The van der Waals surface area contributed by atoms with E-state index >= 15 is 0 Å². The number of imidazole rings is 1. The van der Waals surface area contributed by atoms with E-state index in [9.17, 15) is 4.79 Å². The van der Waals surface area contributed by atoms with E-state index in [2.05, 4.69) is 25.9 Å². The summed E-state index contributed by atoms with van der Waals surface area (Å²) in [4.78, 5) is 19.0. The molecule has 0 radical (unpaired) electrons. The van der Waals surface area contributed by atoms with Gasteiger partial charge in [-0.05, 0) is 28.4 Å². The first-order valence-electron chi connectivity index (χ1n) is 4.95. The Morgan fingerprint density at radius 1 is 1.50 bits per heavy atom. The number of hydrogen-bond donors (Lipinski definition) is 1. The van der Waals surface area contributed by atoms with Gasteiger partial charge >= 0.3 is 0 Å². The van der Waals surface area contributed by atoms with Crippen LogP contribution in [0.1, 0.15) is 21.7 Å². The monoisotopic (exact) mass is 278 g/mol. The zero-order chi connectivity index (χ0) is 11.5. The van der Waals surface area contributed by atoms with Crippen molar-refractivity contribution >= 4 is 21.7 Å². The number of aromatic nitrogens is 2. The normalized spacial score (nSPS) is 10.4. The molecule has 3 nitrogen and oxygen atoms in total. The average Bonchev–Trinajstić information content (AvgIpc) is 2.74. The molecular weight excluding hydrogens is 268 g/mol. The summed E-state index contributed by atoms with van der Waals surface area (Å²) in [6.07, 6.45) is 3.66. The van der Waals surface area contributed by atoms with Gasteiger partial charge in [0.15, 0.2) is 5.78 Å². The number of carbonyl (C=O) groups is 1. The lowest BCUT2D eigenvalue weighted by Gasteiger charge is -2.04. The molecule has 0 saturated heterocycles. The number of nitrogens with zero attached hydrogens (tertiary/aromatic N) is 1. The van der Waals surface area contributed by atoms with Crippen molar-refractivity contribution in [1.29, 1.82) is 0 Å². The lowest BCUT2D eigenvalue weighted by molar-refractivity contribution is 0.0990. The topological polar surface area (TPSA) is 45.8 Å². The van der Waals surface area contributed by atoms with Crippen molar-refractivity contribution in [1.82, 2.24) is 9.97 Å². The molecule has 0 atom stereocenters. The molecule has 0 aliphatic heterocycles. The minimum Gasteiger partial charge on any atom is -0.348 e. The summed E-state index contributed by atoms with van der Waals surface area (Å²) in [6, 6.07) is 5.67. The number of halogens is 1. The number of aromatic amines is 1. The van der Waals surface area contributed by atoms with Crippen molar-refractivity contribution in [3.63, 3.8) is 0 Å². The summed E-state index contributed by atoms with van der Waals surface area (Å²) in [5.74, 6) is 0.754. The van der Waals surface area contributed by atoms with Gasteiger partial charge < -0.3 is 4.98 Å². The van der Waals surface area contributed by atoms with Gasteiger partial charge in [-0.2, -0.15) is 0 Å². The maximum atomic E-state index is 12.0. The summed E-state index contributed by atoms with van der Waals surface area (Å²) in [5, 5.41) is 0. The molecule has 16 heavy (non-hydrogen) atoms. The molecule has 0 bridgehead atoms. The SMILES string of the molecule is Cc1cccc(C(=O)Cc2ncc[nH]2)c1Br. The molecule has 1 aromatic carbocycles. The van der Waals surface area contributed by atoms with Gasteiger partial charge in [-0.15, -0.1) is 0 Å². The molecule has 2 rings (SSSR count). The van der Waals surface area contributed by atoms with E-state index in [0.29, 0.717) is 17.8 Å². The smallest absolute Gasteiger partial charge is 0.171 e. The Morgan fingerprint density at radius 2 is 2.31 bits per heavy atom. The molecule has 0 unspecified atom stereocenters. The number of aryl methyl sites for hydroxylation is 1. The second kappa shape index (κ2) is 4.61. The average molecular weight is 279 g/mol.